The molecule has 1 aromatic heterocycles. The van der Waals surface area contributed by atoms with E-state index in [2.05, 4.69) is 10.3 Å². The lowest BCUT2D eigenvalue weighted by molar-refractivity contribution is -0.384. The number of imide groups is 1. The number of rotatable bonds is 5. The second kappa shape index (κ2) is 7.23. The summed E-state index contributed by atoms with van der Waals surface area (Å²) in [5.41, 5.74) is 0.136. The zero-order valence-corrected chi connectivity index (χ0v) is 18.2. The summed E-state index contributed by atoms with van der Waals surface area (Å²) in [6.07, 6.45) is 1.29. The third kappa shape index (κ3) is 3.31. The molecule has 9 nitrogen and oxygen atoms in total. The molecule has 1 saturated heterocycles. The summed E-state index contributed by atoms with van der Waals surface area (Å²) in [6, 6.07) is 5.94. The van der Waals surface area contributed by atoms with E-state index in [1.165, 1.54) is 23.5 Å². The summed E-state index contributed by atoms with van der Waals surface area (Å²) in [6.45, 7) is 5.44. The Morgan fingerprint density at radius 2 is 1.97 bits per heavy atom. The molecule has 0 spiro atoms. The average molecular weight is 442 g/mol. The number of piperidine rings is 1. The smallest absolute Gasteiger partial charge is 0.269 e. The van der Waals surface area contributed by atoms with Gasteiger partial charge in [-0.3, -0.25) is 29.4 Å². The fourth-order valence-electron chi connectivity index (χ4n) is 4.57. The van der Waals surface area contributed by atoms with Gasteiger partial charge in [0.1, 0.15) is 6.54 Å². The number of carbonyl (C=O) groups excluding carboxylic acids is 3. The van der Waals surface area contributed by atoms with E-state index in [9.17, 15) is 24.5 Å². The van der Waals surface area contributed by atoms with Crippen LogP contribution in [-0.4, -0.2) is 39.1 Å². The Morgan fingerprint density at radius 3 is 2.61 bits per heavy atom. The van der Waals surface area contributed by atoms with Gasteiger partial charge in [-0.15, -0.1) is 11.3 Å². The topological polar surface area (TPSA) is 123 Å². The average Bonchev–Trinajstić information content (AvgIpc) is 3.25. The van der Waals surface area contributed by atoms with Gasteiger partial charge in [0, 0.05) is 29.0 Å². The van der Waals surface area contributed by atoms with Gasteiger partial charge in [-0.1, -0.05) is 20.8 Å². The van der Waals surface area contributed by atoms with Crippen molar-refractivity contribution in [2.45, 2.75) is 33.6 Å². The maximum absolute atomic E-state index is 13.0. The Bertz CT molecular complexity index is 1090. The monoisotopic (exact) mass is 442 g/mol. The molecule has 2 atom stereocenters. The number of fused-ring (bicyclic) bond motifs is 2. The molecule has 2 aromatic rings. The highest BCUT2D eigenvalue weighted by Crippen LogP contribution is 2.59. The first-order valence-corrected chi connectivity index (χ1v) is 10.8. The van der Waals surface area contributed by atoms with E-state index in [0.29, 0.717) is 29.2 Å². The molecule has 162 valence electrons. The van der Waals surface area contributed by atoms with Crippen molar-refractivity contribution < 1.29 is 19.3 Å². The SMILES string of the molecule is CC12CCC(C(=O)N(CC(=O)Nc3nc(-c4ccc([N+](=O)[O-])cc4)cs3)C1=O)C2(C)C. The Kier molecular flexibility index (Phi) is 4.92. The van der Waals surface area contributed by atoms with Crippen LogP contribution in [-0.2, 0) is 14.4 Å². The second-order valence-corrected chi connectivity index (χ2v) is 9.62. The number of non-ortho nitro benzene ring substituents is 1. The molecule has 2 heterocycles. The highest BCUT2D eigenvalue weighted by Gasteiger charge is 2.64. The Morgan fingerprint density at radius 1 is 1.29 bits per heavy atom. The minimum Gasteiger partial charge on any atom is -0.300 e. The molecule has 2 unspecified atom stereocenters. The molecule has 1 aliphatic carbocycles. The van der Waals surface area contributed by atoms with Gasteiger partial charge in [0.2, 0.25) is 17.7 Å². The number of hydrogen-bond acceptors (Lipinski definition) is 7. The van der Waals surface area contributed by atoms with Crippen molar-refractivity contribution in [3.63, 3.8) is 0 Å². The van der Waals surface area contributed by atoms with Crippen molar-refractivity contribution in [2.24, 2.45) is 16.7 Å². The van der Waals surface area contributed by atoms with Crippen LogP contribution in [0.15, 0.2) is 29.6 Å². The first kappa shape index (κ1) is 21.1. The van der Waals surface area contributed by atoms with Crippen LogP contribution < -0.4 is 5.32 Å². The van der Waals surface area contributed by atoms with E-state index in [0.717, 1.165) is 4.90 Å². The van der Waals surface area contributed by atoms with Crippen LogP contribution in [0.5, 0.6) is 0 Å². The van der Waals surface area contributed by atoms with Crippen molar-refractivity contribution >= 4 is 39.9 Å². The summed E-state index contributed by atoms with van der Waals surface area (Å²) >= 11 is 1.19. The maximum Gasteiger partial charge on any atom is 0.269 e. The number of benzene rings is 1. The van der Waals surface area contributed by atoms with Gasteiger partial charge in [-0.2, -0.15) is 0 Å². The number of carbonyl (C=O) groups is 3. The number of nitrogens with one attached hydrogen (secondary N) is 1. The highest BCUT2D eigenvalue weighted by molar-refractivity contribution is 7.14. The molecule has 31 heavy (non-hydrogen) atoms. The summed E-state index contributed by atoms with van der Waals surface area (Å²) in [5.74, 6) is -1.34. The van der Waals surface area contributed by atoms with Crippen molar-refractivity contribution in [1.29, 1.82) is 0 Å². The van der Waals surface area contributed by atoms with Crippen LogP contribution in [0.3, 0.4) is 0 Å². The molecule has 4 rings (SSSR count). The van der Waals surface area contributed by atoms with Crippen LogP contribution in [0.2, 0.25) is 0 Å². The molecule has 1 aromatic carbocycles. The number of nitrogens with zero attached hydrogens (tertiary/aromatic N) is 3. The number of aromatic nitrogens is 1. The number of thiazole rings is 1. The number of amides is 3. The van der Waals surface area contributed by atoms with Gasteiger partial charge in [-0.25, -0.2) is 4.98 Å². The summed E-state index contributed by atoms with van der Waals surface area (Å²) < 4.78 is 0. The van der Waals surface area contributed by atoms with Crippen LogP contribution in [0.25, 0.3) is 11.3 Å². The molecule has 3 amide bonds. The van der Waals surface area contributed by atoms with Gasteiger partial charge < -0.3 is 5.32 Å². The molecule has 1 aliphatic heterocycles. The van der Waals surface area contributed by atoms with E-state index in [4.69, 9.17) is 0 Å². The molecule has 2 fully saturated rings. The molecule has 1 N–H and O–H groups in total. The van der Waals surface area contributed by atoms with E-state index < -0.39 is 21.7 Å². The van der Waals surface area contributed by atoms with Gasteiger partial charge in [-0.05, 0) is 30.4 Å². The Hall–Kier alpha value is -3.14. The largest absolute Gasteiger partial charge is 0.300 e. The quantitative estimate of drug-likeness (QED) is 0.430. The lowest BCUT2D eigenvalue weighted by Gasteiger charge is -2.47. The number of nitro groups is 1. The number of hydrogen-bond donors (Lipinski definition) is 1. The number of nitro benzene ring substituents is 1. The molecule has 0 radical (unpaired) electrons. The lowest BCUT2D eigenvalue weighted by atomic mass is 9.62. The van der Waals surface area contributed by atoms with Gasteiger partial charge in [0.25, 0.3) is 5.69 Å². The second-order valence-electron chi connectivity index (χ2n) is 8.76. The minimum absolute atomic E-state index is 0.0192. The molecule has 10 heteroatoms. The van der Waals surface area contributed by atoms with Crippen LogP contribution in [0, 0.1) is 26.9 Å². The standard InChI is InChI=1S/C21H22N4O5S/c1-20(2)14-8-9-21(20,3)18(28)24(17(14)27)10-16(26)23-19-22-15(11-31-19)12-4-6-13(7-5-12)25(29)30/h4-7,11,14H,8-10H2,1-3H3,(H,22,23,26). The van der Waals surface area contributed by atoms with Crippen LogP contribution in [0.4, 0.5) is 10.8 Å². The zero-order valence-electron chi connectivity index (χ0n) is 17.4. The Labute approximate surface area is 182 Å². The highest BCUT2D eigenvalue weighted by atomic mass is 32.1. The molecule has 2 bridgehead atoms. The number of likely N-dealkylation sites (tertiary alicyclic amines) is 1. The van der Waals surface area contributed by atoms with Gasteiger partial charge >= 0.3 is 0 Å². The first-order valence-electron chi connectivity index (χ1n) is 9.90. The molecule has 2 aliphatic rings. The summed E-state index contributed by atoms with van der Waals surface area (Å²) in [7, 11) is 0. The normalized spacial score (nSPS) is 24.4. The fourth-order valence-corrected chi connectivity index (χ4v) is 5.31. The van der Waals surface area contributed by atoms with Crippen molar-refractivity contribution in [3.05, 3.63) is 39.8 Å². The van der Waals surface area contributed by atoms with Crippen LogP contribution in [0.1, 0.15) is 33.6 Å². The van der Waals surface area contributed by atoms with E-state index in [1.807, 2.05) is 20.8 Å². The lowest BCUT2D eigenvalue weighted by Crippen LogP contribution is -2.60. The predicted molar refractivity (Wildman–Crippen MR) is 114 cm³/mol. The van der Waals surface area contributed by atoms with Crippen molar-refractivity contribution in [2.75, 3.05) is 11.9 Å². The third-order valence-electron chi connectivity index (χ3n) is 6.93. The molecular formula is C21H22N4O5S. The third-order valence-corrected chi connectivity index (χ3v) is 7.69. The van der Waals surface area contributed by atoms with E-state index >= 15 is 0 Å². The fraction of sp³-hybridized carbons (Fsp3) is 0.429. The van der Waals surface area contributed by atoms with Crippen molar-refractivity contribution in [1.82, 2.24) is 9.88 Å². The zero-order chi connectivity index (χ0) is 22.6. The van der Waals surface area contributed by atoms with Crippen molar-refractivity contribution in [3.8, 4) is 11.3 Å². The number of anilines is 1. The summed E-state index contributed by atoms with van der Waals surface area (Å²) in [5, 5.41) is 15.5. The summed E-state index contributed by atoms with van der Waals surface area (Å²) in [4.78, 5) is 54.2. The minimum atomic E-state index is -0.657. The van der Waals surface area contributed by atoms with E-state index in [-0.39, 0.29) is 30.0 Å². The van der Waals surface area contributed by atoms with Crippen LogP contribution >= 0.6 is 11.3 Å². The predicted octanol–water partition coefficient (Wildman–Crippen LogP) is 3.47. The van der Waals surface area contributed by atoms with E-state index in [1.54, 1.807) is 17.5 Å². The maximum atomic E-state index is 13.0. The van der Waals surface area contributed by atoms with Gasteiger partial charge in [0.15, 0.2) is 5.13 Å². The molecule has 1 saturated carbocycles. The molecular weight excluding hydrogens is 420 g/mol. The Balaban J connectivity index is 1.45. The van der Waals surface area contributed by atoms with Gasteiger partial charge in [0.05, 0.1) is 16.0 Å². The first-order chi connectivity index (χ1) is 14.5.